The molecular formula is C20H21NO4. The second-order valence-electron chi connectivity index (χ2n) is 5.92. The first kappa shape index (κ1) is 18.4. The number of carboxylic acids is 1. The fourth-order valence-corrected chi connectivity index (χ4v) is 2.49. The minimum Gasteiger partial charge on any atom is -0.481 e. The highest BCUT2D eigenvalue weighted by Crippen LogP contribution is 2.17. The maximum absolute atomic E-state index is 12.1. The molecule has 0 aromatic heterocycles. The number of hydrogen-bond donors (Lipinski definition) is 2. The molecule has 0 aliphatic carbocycles. The van der Waals surface area contributed by atoms with E-state index in [0.29, 0.717) is 5.56 Å². The standard InChI is InChI=1S/C20H21NO4/c1-14-7-9-16(10-8-14)18(22)11-12-19(23)21-17(13-20(24)25)15-5-3-2-4-6-15/h2-10,17H,11-13H2,1H3,(H,21,23)(H,24,25). The summed E-state index contributed by atoms with van der Waals surface area (Å²) in [6, 6.07) is 15.5. The van der Waals surface area contributed by atoms with Crippen molar-refractivity contribution >= 4 is 17.7 Å². The third kappa shape index (κ3) is 5.88. The third-order valence-electron chi connectivity index (χ3n) is 3.87. The molecule has 5 nitrogen and oxygen atoms in total. The molecule has 25 heavy (non-hydrogen) atoms. The molecule has 0 saturated carbocycles. The van der Waals surface area contributed by atoms with Crippen LogP contribution in [0.25, 0.3) is 0 Å². The van der Waals surface area contributed by atoms with Crippen molar-refractivity contribution < 1.29 is 19.5 Å². The summed E-state index contributed by atoms with van der Waals surface area (Å²) in [6.07, 6.45) is -0.0964. The van der Waals surface area contributed by atoms with Crippen LogP contribution in [-0.4, -0.2) is 22.8 Å². The Bertz CT molecular complexity index is 738. The summed E-state index contributed by atoms with van der Waals surface area (Å²) in [5.74, 6) is -1.44. The molecule has 2 rings (SSSR count). The summed E-state index contributed by atoms with van der Waals surface area (Å²) in [6.45, 7) is 1.94. The average molecular weight is 339 g/mol. The van der Waals surface area contributed by atoms with Gasteiger partial charge in [0.1, 0.15) is 0 Å². The zero-order valence-electron chi connectivity index (χ0n) is 14.1. The predicted molar refractivity (Wildman–Crippen MR) is 94.3 cm³/mol. The molecule has 2 aromatic rings. The zero-order valence-corrected chi connectivity index (χ0v) is 14.1. The molecule has 0 saturated heterocycles. The summed E-state index contributed by atoms with van der Waals surface area (Å²) in [5, 5.41) is 11.8. The molecule has 1 amide bonds. The number of benzene rings is 2. The van der Waals surface area contributed by atoms with Crippen molar-refractivity contribution in [3.05, 3.63) is 71.3 Å². The summed E-state index contributed by atoms with van der Waals surface area (Å²) >= 11 is 0. The van der Waals surface area contributed by atoms with Crippen molar-refractivity contribution in [2.24, 2.45) is 0 Å². The SMILES string of the molecule is Cc1ccc(C(=O)CCC(=O)NC(CC(=O)O)c2ccccc2)cc1. The number of carboxylic acid groups (broad SMARTS) is 1. The highest BCUT2D eigenvalue weighted by molar-refractivity contribution is 5.98. The second-order valence-corrected chi connectivity index (χ2v) is 5.92. The van der Waals surface area contributed by atoms with E-state index in [1.165, 1.54) is 0 Å². The maximum atomic E-state index is 12.1. The summed E-state index contributed by atoms with van der Waals surface area (Å²) < 4.78 is 0. The zero-order chi connectivity index (χ0) is 18.2. The lowest BCUT2D eigenvalue weighted by Gasteiger charge is -2.17. The van der Waals surface area contributed by atoms with Crippen molar-refractivity contribution in [1.29, 1.82) is 0 Å². The van der Waals surface area contributed by atoms with Crippen LogP contribution in [-0.2, 0) is 9.59 Å². The molecule has 0 aliphatic heterocycles. The summed E-state index contributed by atoms with van der Waals surface area (Å²) in [7, 11) is 0. The van der Waals surface area contributed by atoms with E-state index >= 15 is 0 Å². The van der Waals surface area contributed by atoms with Gasteiger partial charge in [0, 0.05) is 18.4 Å². The van der Waals surface area contributed by atoms with Crippen molar-refractivity contribution in [3.63, 3.8) is 0 Å². The molecule has 0 heterocycles. The van der Waals surface area contributed by atoms with Crippen LogP contribution >= 0.6 is 0 Å². The first-order valence-corrected chi connectivity index (χ1v) is 8.11. The first-order chi connectivity index (χ1) is 12.0. The Balaban J connectivity index is 1.93. The van der Waals surface area contributed by atoms with Crippen molar-refractivity contribution in [2.75, 3.05) is 0 Å². The van der Waals surface area contributed by atoms with Crippen LogP contribution in [0.4, 0.5) is 0 Å². The number of ketones is 1. The van der Waals surface area contributed by atoms with E-state index < -0.39 is 12.0 Å². The van der Waals surface area contributed by atoms with Gasteiger partial charge in [-0.05, 0) is 12.5 Å². The Kier molecular flexibility index (Phi) is 6.46. The van der Waals surface area contributed by atoms with E-state index in [2.05, 4.69) is 5.32 Å². The number of rotatable bonds is 8. The molecule has 0 bridgehead atoms. The Labute approximate surface area is 146 Å². The van der Waals surface area contributed by atoms with Gasteiger partial charge in [-0.1, -0.05) is 60.2 Å². The fraction of sp³-hybridized carbons (Fsp3) is 0.250. The van der Waals surface area contributed by atoms with Crippen LogP contribution in [0.5, 0.6) is 0 Å². The molecule has 0 radical (unpaired) electrons. The molecule has 2 N–H and O–H groups in total. The molecular weight excluding hydrogens is 318 g/mol. The van der Waals surface area contributed by atoms with E-state index in [-0.39, 0.29) is 31.0 Å². The van der Waals surface area contributed by atoms with E-state index in [9.17, 15) is 14.4 Å². The lowest BCUT2D eigenvalue weighted by molar-refractivity contribution is -0.137. The molecule has 1 atom stereocenters. The fourth-order valence-electron chi connectivity index (χ4n) is 2.49. The summed E-state index contributed by atoms with van der Waals surface area (Å²) in [5.41, 5.74) is 2.36. The Morgan fingerprint density at radius 1 is 0.960 bits per heavy atom. The topological polar surface area (TPSA) is 83.5 Å². The maximum Gasteiger partial charge on any atom is 0.305 e. The molecule has 2 aromatic carbocycles. The number of aryl methyl sites for hydroxylation is 1. The normalized spacial score (nSPS) is 11.6. The molecule has 0 spiro atoms. The molecule has 0 fully saturated rings. The smallest absolute Gasteiger partial charge is 0.305 e. The van der Waals surface area contributed by atoms with Crippen LogP contribution in [0, 0.1) is 6.92 Å². The lowest BCUT2D eigenvalue weighted by atomic mass is 10.0. The van der Waals surface area contributed by atoms with Gasteiger partial charge in [0.15, 0.2) is 5.78 Å². The van der Waals surface area contributed by atoms with Gasteiger partial charge in [0.2, 0.25) is 5.91 Å². The number of aliphatic carboxylic acids is 1. The number of hydrogen-bond acceptors (Lipinski definition) is 3. The lowest BCUT2D eigenvalue weighted by Crippen LogP contribution is -2.30. The molecule has 5 heteroatoms. The number of amides is 1. The van der Waals surface area contributed by atoms with Crippen LogP contribution in [0.15, 0.2) is 54.6 Å². The Hall–Kier alpha value is -2.95. The largest absolute Gasteiger partial charge is 0.481 e. The van der Waals surface area contributed by atoms with Crippen LogP contribution in [0.1, 0.15) is 46.8 Å². The quantitative estimate of drug-likeness (QED) is 0.723. The number of nitrogens with one attached hydrogen (secondary N) is 1. The molecule has 0 aliphatic rings. The Morgan fingerprint density at radius 2 is 1.60 bits per heavy atom. The van der Waals surface area contributed by atoms with E-state index in [1.807, 2.05) is 25.1 Å². The molecule has 130 valence electrons. The Morgan fingerprint density at radius 3 is 2.20 bits per heavy atom. The van der Waals surface area contributed by atoms with Gasteiger partial charge in [-0.15, -0.1) is 0 Å². The second kappa shape index (κ2) is 8.78. The van der Waals surface area contributed by atoms with Crippen LogP contribution in [0.2, 0.25) is 0 Å². The highest BCUT2D eigenvalue weighted by Gasteiger charge is 2.18. The van der Waals surface area contributed by atoms with Gasteiger partial charge in [-0.3, -0.25) is 14.4 Å². The van der Waals surface area contributed by atoms with Crippen LogP contribution in [0.3, 0.4) is 0 Å². The van der Waals surface area contributed by atoms with E-state index in [1.54, 1.807) is 36.4 Å². The first-order valence-electron chi connectivity index (χ1n) is 8.11. The third-order valence-corrected chi connectivity index (χ3v) is 3.87. The van der Waals surface area contributed by atoms with Gasteiger partial charge < -0.3 is 10.4 Å². The number of carbonyl (C=O) groups excluding carboxylic acids is 2. The van der Waals surface area contributed by atoms with E-state index in [0.717, 1.165) is 11.1 Å². The predicted octanol–water partition coefficient (Wildman–Crippen LogP) is 3.29. The highest BCUT2D eigenvalue weighted by atomic mass is 16.4. The molecule has 1 unspecified atom stereocenters. The monoisotopic (exact) mass is 339 g/mol. The van der Waals surface area contributed by atoms with Gasteiger partial charge in [0.05, 0.1) is 12.5 Å². The van der Waals surface area contributed by atoms with Crippen molar-refractivity contribution in [3.8, 4) is 0 Å². The van der Waals surface area contributed by atoms with Gasteiger partial charge in [0.25, 0.3) is 0 Å². The van der Waals surface area contributed by atoms with Gasteiger partial charge >= 0.3 is 5.97 Å². The summed E-state index contributed by atoms with van der Waals surface area (Å²) in [4.78, 5) is 35.3. The van der Waals surface area contributed by atoms with E-state index in [4.69, 9.17) is 5.11 Å². The average Bonchev–Trinajstić information content (AvgIpc) is 2.60. The van der Waals surface area contributed by atoms with Crippen LogP contribution < -0.4 is 5.32 Å². The minimum atomic E-state index is -0.995. The number of Topliss-reactive ketones (excluding diaryl/α,β-unsaturated/α-hetero) is 1. The van der Waals surface area contributed by atoms with Gasteiger partial charge in [-0.25, -0.2) is 0 Å². The minimum absolute atomic E-state index is 0.0235. The van der Waals surface area contributed by atoms with Crippen molar-refractivity contribution in [2.45, 2.75) is 32.2 Å². The number of carbonyl (C=O) groups is 3. The van der Waals surface area contributed by atoms with Gasteiger partial charge in [-0.2, -0.15) is 0 Å². The van der Waals surface area contributed by atoms with Crippen molar-refractivity contribution in [1.82, 2.24) is 5.32 Å².